The van der Waals surface area contributed by atoms with Gasteiger partial charge < -0.3 is 14.9 Å². The molecule has 0 radical (unpaired) electrons. The topological polar surface area (TPSA) is 64.1 Å². The number of hydrogen-bond acceptors (Lipinski definition) is 2. The number of amides is 3. The number of nitrogens with zero attached hydrogens (tertiary/aromatic N) is 3. The minimum atomic E-state index is -5.05. The summed E-state index contributed by atoms with van der Waals surface area (Å²) in [6.45, 7) is 2.07. The van der Waals surface area contributed by atoms with E-state index in [1.54, 1.807) is 0 Å². The van der Waals surface area contributed by atoms with Crippen LogP contribution in [0, 0.1) is 6.92 Å². The van der Waals surface area contributed by atoms with Crippen LogP contribution in [0.1, 0.15) is 34.6 Å². The van der Waals surface area contributed by atoms with E-state index in [1.807, 2.05) is 31.2 Å². The molecule has 1 aliphatic rings. The van der Waals surface area contributed by atoms with E-state index in [9.17, 15) is 41.0 Å². The highest BCUT2D eigenvalue weighted by Crippen LogP contribution is 2.39. The third kappa shape index (κ3) is 5.85. The van der Waals surface area contributed by atoms with Crippen LogP contribution in [0.2, 0.25) is 0 Å². The molecule has 36 heavy (non-hydrogen) atoms. The van der Waals surface area contributed by atoms with Crippen molar-refractivity contribution in [1.82, 2.24) is 9.80 Å². The van der Waals surface area contributed by atoms with Crippen LogP contribution in [-0.2, 0) is 12.4 Å². The Bertz CT molecular complexity index is 1090. The number of urea groups is 1. The van der Waals surface area contributed by atoms with Gasteiger partial charge in [0.25, 0.3) is 0 Å². The summed E-state index contributed by atoms with van der Waals surface area (Å²) in [4.78, 5) is 28.0. The van der Waals surface area contributed by atoms with Gasteiger partial charge >= 0.3 is 24.5 Å². The summed E-state index contributed by atoms with van der Waals surface area (Å²) >= 11 is 0. The van der Waals surface area contributed by atoms with E-state index in [0.717, 1.165) is 23.1 Å². The number of likely N-dealkylation sites (tertiary alicyclic amines) is 1. The third-order valence-electron chi connectivity index (χ3n) is 6.40. The molecule has 1 aliphatic heterocycles. The van der Waals surface area contributed by atoms with Crippen LogP contribution in [-0.4, -0.2) is 60.3 Å². The molecule has 1 fully saturated rings. The molecule has 3 rings (SSSR count). The lowest BCUT2D eigenvalue weighted by Crippen LogP contribution is -2.54. The van der Waals surface area contributed by atoms with Crippen molar-refractivity contribution in [2.24, 2.45) is 0 Å². The molecule has 196 valence electrons. The number of carboxylic acid groups (broad SMARTS) is 1. The lowest BCUT2D eigenvalue weighted by molar-refractivity contribution is -0.143. The lowest BCUT2D eigenvalue weighted by atomic mass is 9.85. The molecule has 0 spiro atoms. The first kappa shape index (κ1) is 27.2. The molecule has 1 saturated heterocycles. The van der Waals surface area contributed by atoms with Crippen molar-refractivity contribution in [3.8, 4) is 0 Å². The first-order valence-electron chi connectivity index (χ1n) is 10.9. The average Bonchev–Trinajstić information content (AvgIpc) is 2.81. The van der Waals surface area contributed by atoms with Gasteiger partial charge in [0.15, 0.2) is 0 Å². The number of likely N-dealkylation sites (N-methyl/N-ethyl adjacent to an activating group) is 1. The van der Waals surface area contributed by atoms with Gasteiger partial charge in [0.2, 0.25) is 0 Å². The predicted molar refractivity (Wildman–Crippen MR) is 120 cm³/mol. The molecule has 12 heteroatoms. The summed E-state index contributed by atoms with van der Waals surface area (Å²) in [5.41, 5.74) is -1.89. The van der Waals surface area contributed by atoms with Gasteiger partial charge in [0, 0.05) is 44.8 Å². The van der Waals surface area contributed by atoms with Gasteiger partial charge in [-0.25, -0.2) is 9.59 Å². The molecule has 1 heterocycles. The number of anilines is 1. The van der Waals surface area contributed by atoms with Crippen molar-refractivity contribution in [2.75, 3.05) is 32.1 Å². The molecule has 0 aromatic heterocycles. The van der Waals surface area contributed by atoms with E-state index in [2.05, 4.69) is 0 Å². The number of benzene rings is 2. The van der Waals surface area contributed by atoms with Gasteiger partial charge in [-0.2, -0.15) is 26.3 Å². The Labute approximate surface area is 203 Å². The standard InChI is InChI=1S/C24H25F6N3O3/c1-14-4-6-15(7-5-14)19-13-33(22(35)36)9-8-20(19)32(3)21(34)31(2)18-11-16(23(25,26)27)10-17(12-18)24(28,29)30/h4-7,10-12,19-20H,8-9,13H2,1-3H3,(H,35,36). The van der Waals surface area contributed by atoms with E-state index in [-0.39, 0.29) is 25.6 Å². The molecule has 3 amide bonds. The fraction of sp³-hybridized carbons (Fsp3) is 0.417. The SMILES string of the molecule is Cc1ccc(C2CN(C(=O)O)CCC2N(C)C(=O)N(C)c2cc(C(F)(F)F)cc(C(F)(F)F)c2)cc1. The predicted octanol–water partition coefficient (Wildman–Crippen LogP) is 6.06. The van der Waals surface area contributed by atoms with E-state index in [1.165, 1.54) is 16.8 Å². The zero-order valence-corrected chi connectivity index (χ0v) is 19.7. The maximum Gasteiger partial charge on any atom is 0.416 e. The zero-order valence-electron chi connectivity index (χ0n) is 19.7. The van der Waals surface area contributed by atoms with E-state index in [4.69, 9.17) is 0 Å². The minimum Gasteiger partial charge on any atom is -0.465 e. The Kier molecular flexibility index (Phi) is 7.47. The minimum absolute atomic E-state index is 0.000571. The monoisotopic (exact) mass is 517 g/mol. The maximum atomic E-state index is 13.3. The molecule has 2 aromatic carbocycles. The summed E-state index contributed by atoms with van der Waals surface area (Å²) in [5.74, 6) is -0.454. The van der Waals surface area contributed by atoms with Gasteiger partial charge in [0.05, 0.1) is 11.1 Å². The molecule has 2 aromatic rings. The molecule has 0 saturated carbocycles. The lowest BCUT2D eigenvalue weighted by Gasteiger charge is -2.43. The summed E-state index contributed by atoms with van der Waals surface area (Å²) in [6, 6.07) is 6.89. The molecule has 6 nitrogen and oxygen atoms in total. The van der Waals surface area contributed by atoms with Crippen LogP contribution in [0.15, 0.2) is 42.5 Å². The van der Waals surface area contributed by atoms with Crippen LogP contribution < -0.4 is 4.90 Å². The number of alkyl halides is 6. The van der Waals surface area contributed by atoms with Gasteiger partial charge in [-0.05, 0) is 37.1 Å². The fourth-order valence-corrected chi connectivity index (χ4v) is 4.34. The quantitative estimate of drug-likeness (QED) is 0.504. The fourth-order valence-electron chi connectivity index (χ4n) is 4.34. The van der Waals surface area contributed by atoms with Gasteiger partial charge in [-0.15, -0.1) is 0 Å². The van der Waals surface area contributed by atoms with Crippen LogP contribution >= 0.6 is 0 Å². The van der Waals surface area contributed by atoms with E-state index >= 15 is 0 Å². The molecule has 0 aliphatic carbocycles. The van der Waals surface area contributed by atoms with Crippen LogP contribution in [0.3, 0.4) is 0 Å². The zero-order chi connectivity index (χ0) is 27.0. The van der Waals surface area contributed by atoms with Crippen molar-refractivity contribution < 1.29 is 41.0 Å². The Balaban J connectivity index is 1.95. The first-order valence-corrected chi connectivity index (χ1v) is 10.9. The summed E-state index contributed by atoms with van der Waals surface area (Å²) in [6.07, 6.45) is -11.0. The van der Waals surface area contributed by atoms with E-state index in [0.29, 0.717) is 12.1 Å². The van der Waals surface area contributed by atoms with Crippen molar-refractivity contribution in [2.45, 2.75) is 37.7 Å². The van der Waals surface area contributed by atoms with Crippen LogP contribution in [0.4, 0.5) is 41.6 Å². The Morgan fingerprint density at radius 2 is 1.47 bits per heavy atom. The molecular weight excluding hydrogens is 492 g/mol. The summed E-state index contributed by atoms with van der Waals surface area (Å²) < 4.78 is 79.7. The average molecular weight is 517 g/mol. The first-order chi connectivity index (χ1) is 16.6. The number of aryl methyl sites for hydroxylation is 1. The number of piperidine rings is 1. The summed E-state index contributed by atoms with van der Waals surface area (Å²) in [7, 11) is 2.50. The molecule has 2 atom stereocenters. The second-order valence-corrected chi connectivity index (χ2v) is 8.82. The number of carbonyl (C=O) groups excluding carboxylic acids is 1. The Morgan fingerprint density at radius 1 is 0.944 bits per heavy atom. The third-order valence-corrected chi connectivity index (χ3v) is 6.40. The number of halogens is 6. The smallest absolute Gasteiger partial charge is 0.416 e. The van der Waals surface area contributed by atoms with Gasteiger partial charge in [-0.3, -0.25) is 4.90 Å². The van der Waals surface area contributed by atoms with E-state index < -0.39 is 53.3 Å². The molecular formula is C24H25F6N3O3. The van der Waals surface area contributed by atoms with Crippen molar-refractivity contribution in [3.05, 3.63) is 64.7 Å². The van der Waals surface area contributed by atoms with Crippen molar-refractivity contribution >= 4 is 17.8 Å². The van der Waals surface area contributed by atoms with Gasteiger partial charge in [0.1, 0.15) is 0 Å². The van der Waals surface area contributed by atoms with Crippen LogP contribution in [0.25, 0.3) is 0 Å². The maximum absolute atomic E-state index is 13.3. The highest BCUT2D eigenvalue weighted by atomic mass is 19.4. The second-order valence-electron chi connectivity index (χ2n) is 8.82. The molecule has 2 unspecified atom stereocenters. The highest BCUT2D eigenvalue weighted by molar-refractivity contribution is 5.92. The molecule has 0 bridgehead atoms. The second kappa shape index (κ2) is 9.90. The summed E-state index contributed by atoms with van der Waals surface area (Å²) in [5, 5.41) is 9.45. The number of hydrogen-bond donors (Lipinski definition) is 1. The normalized spacial score (nSPS) is 18.6. The highest BCUT2D eigenvalue weighted by Gasteiger charge is 2.40. The van der Waals surface area contributed by atoms with Crippen LogP contribution in [0.5, 0.6) is 0 Å². The van der Waals surface area contributed by atoms with Crippen molar-refractivity contribution in [3.63, 3.8) is 0 Å². The number of carbonyl (C=O) groups is 2. The number of rotatable bonds is 3. The van der Waals surface area contributed by atoms with Gasteiger partial charge in [-0.1, -0.05) is 29.8 Å². The largest absolute Gasteiger partial charge is 0.465 e. The molecule has 1 N–H and O–H groups in total. The Morgan fingerprint density at radius 3 is 1.94 bits per heavy atom. The van der Waals surface area contributed by atoms with Crippen molar-refractivity contribution in [1.29, 1.82) is 0 Å². The Hall–Kier alpha value is -3.44.